The molecule has 1 N–H and O–H groups in total. The van der Waals surface area contributed by atoms with Crippen molar-refractivity contribution >= 4 is 11.6 Å². The van der Waals surface area contributed by atoms with Gasteiger partial charge in [0.1, 0.15) is 0 Å². The zero-order valence-corrected chi connectivity index (χ0v) is 10.7. The maximum Gasteiger partial charge on any atom is 0.255 e. The Hall–Kier alpha value is -2.09. The predicted octanol–water partition coefficient (Wildman–Crippen LogP) is 4.06. The highest BCUT2D eigenvalue weighted by Gasteiger charge is 2.06. The number of benzene rings is 2. The molecule has 0 aliphatic carbocycles. The number of para-hydroxylation sites is 1. The van der Waals surface area contributed by atoms with Crippen LogP contribution >= 0.6 is 0 Å². The average Bonchev–Trinajstić information content (AvgIpc) is 2.40. The maximum atomic E-state index is 12.0. The van der Waals surface area contributed by atoms with Crippen LogP contribution in [0.3, 0.4) is 0 Å². The van der Waals surface area contributed by atoms with Gasteiger partial charge in [0.15, 0.2) is 0 Å². The normalized spacial score (nSPS) is 10.4. The van der Waals surface area contributed by atoms with Gasteiger partial charge in [0.2, 0.25) is 0 Å². The first-order valence-electron chi connectivity index (χ1n) is 6.13. The molecule has 0 unspecified atom stereocenters. The molecular weight excluding hydrogens is 222 g/mol. The number of hydrogen-bond donors (Lipinski definition) is 1. The molecule has 0 spiro atoms. The third kappa shape index (κ3) is 2.98. The van der Waals surface area contributed by atoms with Gasteiger partial charge in [-0.25, -0.2) is 0 Å². The fourth-order valence-corrected chi connectivity index (χ4v) is 1.74. The van der Waals surface area contributed by atoms with E-state index in [-0.39, 0.29) is 5.91 Å². The lowest BCUT2D eigenvalue weighted by Gasteiger charge is -2.07. The Morgan fingerprint density at radius 2 is 1.56 bits per heavy atom. The third-order valence-corrected chi connectivity index (χ3v) is 2.87. The second kappa shape index (κ2) is 5.50. The lowest BCUT2D eigenvalue weighted by atomic mass is 10.0. The number of amides is 1. The summed E-state index contributed by atoms with van der Waals surface area (Å²) in [6.07, 6.45) is 0. The molecular formula is C16H17NO. The van der Waals surface area contributed by atoms with Gasteiger partial charge in [0, 0.05) is 11.3 Å². The topological polar surface area (TPSA) is 29.1 Å². The molecule has 1 amide bonds. The summed E-state index contributed by atoms with van der Waals surface area (Å²) in [6.45, 7) is 4.28. The minimum absolute atomic E-state index is 0.0727. The number of nitrogens with one attached hydrogen (secondary N) is 1. The second-order valence-corrected chi connectivity index (χ2v) is 4.60. The molecule has 0 fully saturated rings. The fourth-order valence-electron chi connectivity index (χ4n) is 1.74. The Morgan fingerprint density at radius 1 is 0.944 bits per heavy atom. The number of anilines is 1. The Morgan fingerprint density at radius 3 is 2.11 bits per heavy atom. The van der Waals surface area contributed by atoms with Gasteiger partial charge in [-0.2, -0.15) is 0 Å². The van der Waals surface area contributed by atoms with Crippen LogP contribution in [0.5, 0.6) is 0 Å². The molecule has 2 heteroatoms. The van der Waals surface area contributed by atoms with Gasteiger partial charge in [-0.15, -0.1) is 0 Å². The molecule has 0 saturated heterocycles. The monoisotopic (exact) mass is 239 g/mol. The van der Waals surface area contributed by atoms with Crippen molar-refractivity contribution in [3.63, 3.8) is 0 Å². The largest absolute Gasteiger partial charge is 0.322 e. The van der Waals surface area contributed by atoms with Crippen molar-refractivity contribution < 1.29 is 4.79 Å². The summed E-state index contributed by atoms with van der Waals surface area (Å²) in [5, 5.41) is 2.87. The van der Waals surface area contributed by atoms with Crippen LogP contribution in [0, 0.1) is 0 Å². The van der Waals surface area contributed by atoms with E-state index in [1.165, 1.54) is 5.56 Å². The Kier molecular flexibility index (Phi) is 3.78. The van der Waals surface area contributed by atoms with Gasteiger partial charge in [0.25, 0.3) is 5.91 Å². The number of hydrogen-bond acceptors (Lipinski definition) is 1. The molecule has 0 aliphatic rings. The minimum atomic E-state index is -0.0727. The first kappa shape index (κ1) is 12.4. The van der Waals surface area contributed by atoms with Crippen molar-refractivity contribution in [3.05, 3.63) is 65.7 Å². The van der Waals surface area contributed by atoms with Crippen LogP contribution in [0.15, 0.2) is 54.6 Å². The van der Waals surface area contributed by atoms with E-state index in [9.17, 15) is 4.79 Å². The predicted molar refractivity (Wildman–Crippen MR) is 74.9 cm³/mol. The molecule has 0 heterocycles. The minimum Gasteiger partial charge on any atom is -0.322 e. The van der Waals surface area contributed by atoms with E-state index in [4.69, 9.17) is 0 Å². The molecule has 2 rings (SSSR count). The molecule has 2 aromatic carbocycles. The van der Waals surface area contributed by atoms with Crippen molar-refractivity contribution in [2.75, 3.05) is 5.32 Å². The Labute approximate surface area is 108 Å². The van der Waals surface area contributed by atoms with Crippen molar-refractivity contribution in [3.8, 4) is 0 Å². The SMILES string of the molecule is CC(C)c1ccc(C(=O)Nc2ccccc2)cc1. The first-order valence-corrected chi connectivity index (χ1v) is 6.13. The third-order valence-electron chi connectivity index (χ3n) is 2.87. The molecule has 18 heavy (non-hydrogen) atoms. The van der Waals surface area contributed by atoms with Crippen LogP contribution in [0.1, 0.15) is 35.7 Å². The average molecular weight is 239 g/mol. The van der Waals surface area contributed by atoms with Crippen molar-refractivity contribution in [2.45, 2.75) is 19.8 Å². The lowest BCUT2D eigenvalue weighted by molar-refractivity contribution is 0.102. The van der Waals surface area contributed by atoms with Gasteiger partial charge >= 0.3 is 0 Å². The van der Waals surface area contributed by atoms with Crippen LogP contribution in [0.2, 0.25) is 0 Å². The molecule has 0 aliphatic heterocycles. The summed E-state index contributed by atoms with van der Waals surface area (Å²) >= 11 is 0. The van der Waals surface area contributed by atoms with Gasteiger partial charge in [-0.1, -0.05) is 44.2 Å². The zero-order valence-electron chi connectivity index (χ0n) is 10.7. The summed E-state index contributed by atoms with van der Waals surface area (Å²) in [5.41, 5.74) is 2.74. The molecule has 0 aromatic heterocycles. The zero-order chi connectivity index (χ0) is 13.0. The molecule has 0 bridgehead atoms. The molecule has 0 saturated carbocycles. The van der Waals surface area contributed by atoms with Crippen molar-refractivity contribution in [2.24, 2.45) is 0 Å². The Bertz CT molecular complexity index is 515. The van der Waals surface area contributed by atoms with Gasteiger partial charge in [0.05, 0.1) is 0 Å². The quantitative estimate of drug-likeness (QED) is 0.859. The summed E-state index contributed by atoms with van der Waals surface area (Å²) in [6, 6.07) is 17.2. The maximum absolute atomic E-state index is 12.0. The number of carbonyl (C=O) groups excluding carboxylic acids is 1. The summed E-state index contributed by atoms with van der Waals surface area (Å²) in [7, 11) is 0. The van der Waals surface area contributed by atoms with Crippen LogP contribution in [0.25, 0.3) is 0 Å². The van der Waals surface area contributed by atoms with Crippen molar-refractivity contribution in [1.29, 1.82) is 0 Å². The number of rotatable bonds is 3. The van der Waals surface area contributed by atoms with Crippen LogP contribution in [-0.2, 0) is 0 Å². The molecule has 0 radical (unpaired) electrons. The highest BCUT2D eigenvalue weighted by molar-refractivity contribution is 6.04. The second-order valence-electron chi connectivity index (χ2n) is 4.60. The molecule has 0 atom stereocenters. The van der Waals surface area contributed by atoms with E-state index in [2.05, 4.69) is 19.2 Å². The van der Waals surface area contributed by atoms with E-state index >= 15 is 0 Å². The van der Waals surface area contributed by atoms with Gasteiger partial charge in [-0.05, 0) is 35.7 Å². The van der Waals surface area contributed by atoms with E-state index in [1.807, 2.05) is 54.6 Å². The van der Waals surface area contributed by atoms with E-state index in [0.717, 1.165) is 5.69 Å². The lowest BCUT2D eigenvalue weighted by Crippen LogP contribution is -2.11. The van der Waals surface area contributed by atoms with Crippen molar-refractivity contribution in [1.82, 2.24) is 0 Å². The number of carbonyl (C=O) groups is 1. The van der Waals surface area contributed by atoms with Crippen LogP contribution in [0.4, 0.5) is 5.69 Å². The molecule has 2 nitrogen and oxygen atoms in total. The van der Waals surface area contributed by atoms with E-state index < -0.39 is 0 Å². The van der Waals surface area contributed by atoms with Crippen LogP contribution < -0.4 is 5.32 Å². The fraction of sp³-hybridized carbons (Fsp3) is 0.188. The highest BCUT2D eigenvalue weighted by Crippen LogP contribution is 2.15. The molecule has 2 aromatic rings. The first-order chi connectivity index (χ1) is 8.66. The summed E-state index contributed by atoms with van der Waals surface area (Å²) < 4.78 is 0. The summed E-state index contributed by atoms with van der Waals surface area (Å²) in [4.78, 5) is 12.0. The van der Waals surface area contributed by atoms with E-state index in [0.29, 0.717) is 11.5 Å². The Balaban J connectivity index is 2.10. The van der Waals surface area contributed by atoms with E-state index in [1.54, 1.807) is 0 Å². The smallest absolute Gasteiger partial charge is 0.255 e. The standard InChI is InChI=1S/C16H17NO/c1-12(2)13-8-10-14(11-9-13)16(18)17-15-6-4-3-5-7-15/h3-12H,1-2H3,(H,17,18). The summed E-state index contributed by atoms with van der Waals surface area (Å²) in [5.74, 6) is 0.410. The van der Waals surface area contributed by atoms with Gasteiger partial charge < -0.3 is 5.32 Å². The highest BCUT2D eigenvalue weighted by atomic mass is 16.1. The van der Waals surface area contributed by atoms with Gasteiger partial charge in [-0.3, -0.25) is 4.79 Å². The molecule has 92 valence electrons. The van der Waals surface area contributed by atoms with Crippen LogP contribution in [-0.4, -0.2) is 5.91 Å².